The Balaban J connectivity index is 1.42. The Kier molecular flexibility index (Phi) is 8.87. The van der Waals surface area contributed by atoms with E-state index in [1.165, 1.54) is 5.56 Å². The number of pyridine rings is 1. The molecule has 0 spiro atoms. The molecule has 190 valence electrons. The Morgan fingerprint density at radius 3 is 2.66 bits per heavy atom. The number of nitrogens with zero attached hydrogens (tertiary/aromatic N) is 2. The summed E-state index contributed by atoms with van der Waals surface area (Å²) in [6.45, 7) is 6.60. The van der Waals surface area contributed by atoms with Gasteiger partial charge in [-0.15, -0.1) is 0 Å². The standard InChI is InChI=1S/C25H33ClN3O5P/c1-4-32-35(30,33-5-2)17-31-16-20-11-12-24(34-20)29-14-13-21-22(15-23(26)28-25(21)29)27-18(3)19-9-7-6-8-10-19/h6-10,13-15,18,20,24H,4-5,11-12,16-17H2,1-3H3,(H,27,28)/t18-,20+,24-/m1/s1. The number of fused-ring (bicyclic) bond motifs is 1. The second kappa shape index (κ2) is 11.9. The van der Waals surface area contributed by atoms with Crippen molar-refractivity contribution in [3.8, 4) is 0 Å². The van der Waals surface area contributed by atoms with E-state index in [1.54, 1.807) is 13.8 Å². The van der Waals surface area contributed by atoms with Gasteiger partial charge in [0.25, 0.3) is 0 Å². The van der Waals surface area contributed by atoms with Gasteiger partial charge in [0.2, 0.25) is 0 Å². The van der Waals surface area contributed by atoms with Crippen LogP contribution >= 0.6 is 19.2 Å². The van der Waals surface area contributed by atoms with Gasteiger partial charge in [-0.05, 0) is 51.3 Å². The van der Waals surface area contributed by atoms with E-state index in [9.17, 15) is 4.57 Å². The molecule has 3 heterocycles. The zero-order valence-electron chi connectivity index (χ0n) is 20.4. The third-order valence-electron chi connectivity index (χ3n) is 5.93. The second-order valence-electron chi connectivity index (χ2n) is 8.47. The van der Waals surface area contributed by atoms with Crippen LogP contribution in [0.25, 0.3) is 11.0 Å². The second-order valence-corrected chi connectivity index (χ2v) is 10.8. The number of ether oxygens (including phenoxy) is 2. The lowest BCUT2D eigenvalue weighted by Crippen LogP contribution is -2.17. The van der Waals surface area contributed by atoms with Gasteiger partial charge in [0.05, 0.1) is 25.9 Å². The molecule has 0 aliphatic carbocycles. The first-order valence-corrected chi connectivity index (χ1v) is 14.1. The van der Waals surface area contributed by atoms with E-state index in [2.05, 4.69) is 29.4 Å². The molecule has 3 aromatic rings. The number of aromatic nitrogens is 2. The maximum absolute atomic E-state index is 12.6. The Hall–Kier alpha value is -1.93. The maximum atomic E-state index is 12.6. The largest absolute Gasteiger partial charge is 0.378 e. The van der Waals surface area contributed by atoms with Gasteiger partial charge < -0.3 is 28.4 Å². The van der Waals surface area contributed by atoms with E-state index in [0.717, 1.165) is 29.6 Å². The summed E-state index contributed by atoms with van der Waals surface area (Å²) in [6.07, 6.45) is 3.22. The van der Waals surface area contributed by atoms with Gasteiger partial charge in [0.15, 0.2) is 0 Å². The van der Waals surface area contributed by atoms with Crippen molar-refractivity contribution in [1.29, 1.82) is 0 Å². The van der Waals surface area contributed by atoms with Crippen molar-refractivity contribution in [2.45, 2.75) is 52.0 Å². The molecule has 8 nitrogen and oxygen atoms in total. The minimum Gasteiger partial charge on any atom is -0.378 e. The molecule has 1 aliphatic rings. The predicted octanol–water partition coefficient (Wildman–Crippen LogP) is 6.78. The summed E-state index contributed by atoms with van der Waals surface area (Å²) in [4.78, 5) is 4.59. The SMILES string of the molecule is CCOP(=O)(COC[C@@H]1CC[C@H](n2ccc3c(N[C@H](C)c4ccccc4)cc(Cl)nc32)O1)OCC. The Bertz CT molecular complexity index is 1150. The lowest BCUT2D eigenvalue weighted by Gasteiger charge is -2.19. The van der Waals surface area contributed by atoms with Gasteiger partial charge in [-0.25, -0.2) is 4.98 Å². The molecule has 2 aromatic heterocycles. The summed E-state index contributed by atoms with van der Waals surface area (Å²) in [6, 6.07) is 14.3. The van der Waals surface area contributed by atoms with Crippen molar-refractivity contribution in [3.05, 3.63) is 59.4 Å². The van der Waals surface area contributed by atoms with Crippen LogP contribution in [0.4, 0.5) is 5.69 Å². The topological polar surface area (TPSA) is 83.8 Å². The highest BCUT2D eigenvalue weighted by molar-refractivity contribution is 7.53. The lowest BCUT2D eigenvalue weighted by atomic mass is 10.1. The van der Waals surface area contributed by atoms with Crippen LogP contribution in [0.15, 0.2) is 48.7 Å². The number of rotatable bonds is 12. The number of nitrogens with one attached hydrogen (secondary N) is 1. The molecule has 0 amide bonds. The fourth-order valence-corrected chi connectivity index (χ4v) is 5.85. The van der Waals surface area contributed by atoms with Crippen LogP contribution in [0, 0.1) is 0 Å². The normalized spacial score (nSPS) is 19.3. The third kappa shape index (κ3) is 6.45. The Morgan fingerprint density at radius 1 is 1.20 bits per heavy atom. The summed E-state index contributed by atoms with van der Waals surface area (Å²) in [5, 5.41) is 4.97. The summed E-state index contributed by atoms with van der Waals surface area (Å²) >= 11 is 6.40. The summed E-state index contributed by atoms with van der Waals surface area (Å²) in [5.74, 6) is 0. The summed E-state index contributed by atoms with van der Waals surface area (Å²) in [7, 11) is -3.23. The highest BCUT2D eigenvalue weighted by Gasteiger charge is 2.30. The average Bonchev–Trinajstić information content (AvgIpc) is 3.47. The van der Waals surface area contributed by atoms with Crippen LogP contribution in [-0.4, -0.2) is 41.8 Å². The molecule has 10 heteroatoms. The predicted molar refractivity (Wildman–Crippen MR) is 138 cm³/mol. The molecular formula is C25H33ClN3O5P. The fraction of sp³-hybridized carbons (Fsp3) is 0.480. The van der Waals surface area contributed by atoms with Crippen molar-refractivity contribution in [2.24, 2.45) is 0 Å². The highest BCUT2D eigenvalue weighted by Crippen LogP contribution is 2.48. The highest BCUT2D eigenvalue weighted by atomic mass is 35.5. The van der Waals surface area contributed by atoms with Crippen molar-refractivity contribution >= 4 is 35.9 Å². The molecule has 1 fully saturated rings. The number of benzene rings is 1. The lowest BCUT2D eigenvalue weighted by molar-refractivity contribution is -0.0350. The molecule has 0 bridgehead atoms. The summed E-state index contributed by atoms with van der Waals surface area (Å²) < 4.78 is 37.1. The van der Waals surface area contributed by atoms with Gasteiger partial charge >= 0.3 is 7.60 Å². The molecule has 4 rings (SSSR count). The van der Waals surface area contributed by atoms with Crippen LogP contribution in [0.1, 0.15) is 51.4 Å². The zero-order valence-corrected chi connectivity index (χ0v) is 22.0. The van der Waals surface area contributed by atoms with Gasteiger partial charge in [-0.1, -0.05) is 41.9 Å². The minimum absolute atomic E-state index is 0.0859. The number of hydrogen-bond acceptors (Lipinski definition) is 7. The molecule has 3 atom stereocenters. The fourth-order valence-electron chi connectivity index (χ4n) is 4.32. The van der Waals surface area contributed by atoms with Crippen LogP contribution in [0.2, 0.25) is 5.15 Å². The van der Waals surface area contributed by atoms with Gasteiger partial charge in [0.1, 0.15) is 23.4 Å². The summed E-state index contributed by atoms with van der Waals surface area (Å²) in [5.41, 5.74) is 2.88. The van der Waals surface area contributed by atoms with Crippen molar-refractivity contribution in [3.63, 3.8) is 0 Å². The molecule has 1 saturated heterocycles. The van der Waals surface area contributed by atoms with E-state index < -0.39 is 7.60 Å². The molecule has 1 N–H and O–H groups in total. The maximum Gasteiger partial charge on any atom is 0.356 e. The van der Waals surface area contributed by atoms with Crippen molar-refractivity contribution in [2.75, 3.05) is 31.5 Å². The Morgan fingerprint density at radius 2 is 1.94 bits per heavy atom. The number of anilines is 1. The smallest absolute Gasteiger partial charge is 0.356 e. The van der Waals surface area contributed by atoms with E-state index in [0.29, 0.717) is 25.0 Å². The Labute approximate surface area is 211 Å². The van der Waals surface area contributed by atoms with E-state index >= 15 is 0 Å². The minimum atomic E-state index is -3.23. The third-order valence-corrected chi connectivity index (χ3v) is 7.92. The molecule has 0 radical (unpaired) electrons. The first kappa shape index (κ1) is 26.1. The molecule has 0 unspecified atom stereocenters. The van der Waals surface area contributed by atoms with Gasteiger partial charge in [-0.2, -0.15) is 0 Å². The molecule has 35 heavy (non-hydrogen) atoms. The van der Waals surface area contributed by atoms with Crippen LogP contribution in [0.3, 0.4) is 0 Å². The van der Waals surface area contributed by atoms with Gasteiger partial charge in [-0.3, -0.25) is 4.57 Å². The van der Waals surface area contributed by atoms with E-state index in [1.807, 2.05) is 41.1 Å². The van der Waals surface area contributed by atoms with Crippen molar-refractivity contribution in [1.82, 2.24) is 9.55 Å². The number of halogens is 1. The van der Waals surface area contributed by atoms with E-state index in [4.69, 9.17) is 30.1 Å². The van der Waals surface area contributed by atoms with Crippen LogP contribution < -0.4 is 5.32 Å². The van der Waals surface area contributed by atoms with Crippen molar-refractivity contribution < 1.29 is 23.1 Å². The van der Waals surface area contributed by atoms with Crippen LogP contribution in [-0.2, 0) is 23.1 Å². The van der Waals surface area contributed by atoms with Crippen LogP contribution in [0.5, 0.6) is 0 Å². The number of hydrogen-bond donors (Lipinski definition) is 1. The van der Waals surface area contributed by atoms with E-state index in [-0.39, 0.29) is 24.7 Å². The zero-order chi connectivity index (χ0) is 24.8. The quantitative estimate of drug-likeness (QED) is 0.208. The molecule has 1 aromatic carbocycles. The first-order valence-electron chi connectivity index (χ1n) is 12.0. The first-order chi connectivity index (χ1) is 16.9. The molecular weight excluding hydrogens is 489 g/mol. The molecule has 1 aliphatic heterocycles. The molecule has 0 saturated carbocycles. The van der Waals surface area contributed by atoms with Gasteiger partial charge in [0, 0.05) is 23.3 Å². The monoisotopic (exact) mass is 521 g/mol. The average molecular weight is 522 g/mol.